The van der Waals surface area contributed by atoms with Crippen molar-refractivity contribution in [3.8, 4) is 0 Å². The summed E-state index contributed by atoms with van der Waals surface area (Å²) in [6.45, 7) is 8.23. The third-order valence-electron chi connectivity index (χ3n) is 7.12. The third kappa shape index (κ3) is 5.88. The van der Waals surface area contributed by atoms with Gasteiger partial charge in [0.05, 0.1) is 23.7 Å². The van der Waals surface area contributed by atoms with Gasteiger partial charge in [-0.3, -0.25) is 4.79 Å². The normalized spacial score (nSPS) is 23.1. The predicted molar refractivity (Wildman–Crippen MR) is 129 cm³/mol. The number of nitrogens with zero attached hydrogens (tertiary/aromatic N) is 3. The molecule has 33 heavy (non-hydrogen) atoms. The Kier molecular flexibility index (Phi) is 8.27. The van der Waals surface area contributed by atoms with Gasteiger partial charge in [-0.1, -0.05) is 6.42 Å². The number of anilines is 1. The molecule has 0 aromatic heterocycles. The number of amides is 1. The summed E-state index contributed by atoms with van der Waals surface area (Å²) in [5.74, 6) is -0.192. The van der Waals surface area contributed by atoms with Gasteiger partial charge in [0.2, 0.25) is 10.0 Å². The molecule has 3 aliphatic rings. The van der Waals surface area contributed by atoms with E-state index in [1.807, 2.05) is 6.07 Å². The fourth-order valence-electron chi connectivity index (χ4n) is 5.10. The second-order valence-corrected chi connectivity index (χ2v) is 11.3. The molecule has 0 bridgehead atoms. The van der Waals surface area contributed by atoms with E-state index in [0.717, 1.165) is 51.1 Å². The van der Waals surface area contributed by atoms with Crippen molar-refractivity contribution in [2.24, 2.45) is 0 Å². The Morgan fingerprint density at radius 3 is 2.52 bits per heavy atom. The molecule has 0 unspecified atom stereocenters. The standard InChI is InChI=1S/C24H38N4O4S/c1-20-7-2-3-11-26(20)14-6-10-25-24(29)22-19-21(8-9-23(22)27-12-4-5-13-27)33(30,31)28-15-17-32-18-16-28/h8-9,19-20H,2-7,10-18H2,1H3,(H,25,29)/t20-/m1/s1. The second-order valence-electron chi connectivity index (χ2n) is 9.38. The van der Waals surface area contributed by atoms with Crippen LogP contribution >= 0.6 is 0 Å². The van der Waals surface area contributed by atoms with Gasteiger partial charge in [0.25, 0.3) is 5.91 Å². The fraction of sp³-hybridized carbons (Fsp3) is 0.708. The number of carbonyl (C=O) groups is 1. The van der Waals surface area contributed by atoms with Gasteiger partial charge in [-0.25, -0.2) is 8.42 Å². The summed E-state index contributed by atoms with van der Waals surface area (Å²) in [6.07, 6.45) is 6.86. The number of nitrogens with one attached hydrogen (secondary N) is 1. The Balaban J connectivity index is 1.46. The lowest BCUT2D eigenvalue weighted by Gasteiger charge is -2.33. The molecule has 1 aromatic carbocycles. The highest BCUT2D eigenvalue weighted by Gasteiger charge is 2.29. The lowest BCUT2D eigenvalue weighted by molar-refractivity contribution is 0.0730. The Bertz CT molecular complexity index is 911. The molecule has 3 aliphatic heterocycles. The van der Waals surface area contributed by atoms with Crippen LogP contribution < -0.4 is 10.2 Å². The van der Waals surface area contributed by atoms with E-state index >= 15 is 0 Å². The molecule has 184 valence electrons. The van der Waals surface area contributed by atoms with Crippen LogP contribution in [0.3, 0.4) is 0 Å². The number of ether oxygens (including phenoxy) is 1. The number of rotatable bonds is 8. The molecule has 1 atom stereocenters. The first-order valence-electron chi connectivity index (χ1n) is 12.5. The molecule has 9 heteroatoms. The van der Waals surface area contributed by atoms with Crippen molar-refractivity contribution in [1.82, 2.24) is 14.5 Å². The lowest BCUT2D eigenvalue weighted by atomic mass is 10.0. The summed E-state index contributed by atoms with van der Waals surface area (Å²) in [5, 5.41) is 3.05. The Hall–Kier alpha value is -1.68. The maximum Gasteiger partial charge on any atom is 0.253 e. The highest BCUT2D eigenvalue weighted by molar-refractivity contribution is 7.89. The van der Waals surface area contributed by atoms with Gasteiger partial charge in [0.1, 0.15) is 0 Å². The zero-order valence-corrected chi connectivity index (χ0v) is 20.6. The van der Waals surface area contributed by atoms with Crippen molar-refractivity contribution in [3.63, 3.8) is 0 Å². The van der Waals surface area contributed by atoms with Crippen LogP contribution in [0.1, 0.15) is 55.8 Å². The van der Waals surface area contributed by atoms with E-state index < -0.39 is 10.0 Å². The molecule has 8 nitrogen and oxygen atoms in total. The highest BCUT2D eigenvalue weighted by Crippen LogP contribution is 2.29. The van der Waals surface area contributed by atoms with Crippen molar-refractivity contribution in [2.45, 2.75) is 56.4 Å². The minimum Gasteiger partial charge on any atom is -0.379 e. The average molecular weight is 479 g/mol. The molecule has 0 radical (unpaired) electrons. The minimum absolute atomic E-state index is 0.180. The maximum absolute atomic E-state index is 13.2. The van der Waals surface area contributed by atoms with Crippen LogP contribution in [-0.2, 0) is 14.8 Å². The Morgan fingerprint density at radius 1 is 1.06 bits per heavy atom. The molecule has 3 fully saturated rings. The molecule has 0 aliphatic carbocycles. The van der Waals surface area contributed by atoms with Crippen LogP contribution in [0.15, 0.2) is 23.1 Å². The zero-order chi connectivity index (χ0) is 23.3. The van der Waals surface area contributed by atoms with Gasteiger partial charge in [0.15, 0.2) is 0 Å². The first kappa shape index (κ1) is 24.4. The van der Waals surface area contributed by atoms with Crippen molar-refractivity contribution in [3.05, 3.63) is 23.8 Å². The van der Waals surface area contributed by atoms with E-state index in [2.05, 4.69) is 22.0 Å². The van der Waals surface area contributed by atoms with Gasteiger partial charge in [0, 0.05) is 51.0 Å². The van der Waals surface area contributed by atoms with Gasteiger partial charge < -0.3 is 19.9 Å². The number of morpholine rings is 1. The Morgan fingerprint density at radius 2 is 1.79 bits per heavy atom. The van der Waals surface area contributed by atoms with E-state index in [1.54, 1.807) is 12.1 Å². The van der Waals surface area contributed by atoms with Crippen molar-refractivity contribution < 1.29 is 17.9 Å². The molecule has 1 amide bonds. The molecular formula is C24H38N4O4S. The van der Waals surface area contributed by atoms with E-state index in [0.29, 0.717) is 44.5 Å². The molecule has 1 N–H and O–H groups in total. The molecule has 0 saturated carbocycles. The van der Waals surface area contributed by atoms with Crippen molar-refractivity contribution in [1.29, 1.82) is 0 Å². The number of likely N-dealkylation sites (tertiary alicyclic amines) is 1. The number of hydrogen-bond donors (Lipinski definition) is 1. The van der Waals surface area contributed by atoms with Crippen LogP contribution in [0.4, 0.5) is 5.69 Å². The van der Waals surface area contributed by atoms with Crippen LogP contribution in [0.2, 0.25) is 0 Å². The summed E-state index contributed by atoms with van der Waals surface area (Å²) in [6, 6.07) is 5.63. The maximum atomic E-state index is 13.2. The van der Waals surface area contributed by atoms with Crippen LogP contribution in [0, 0.1) is 0 Å². The number of carbonyl (C=O) groups excluding carboxylic acids is 1. The largest absolute Gasteiger partial charge is 0.379 e. The number of piperidine rings is 1. The first-order valence-corrected chi connectivity index (χ1v) is 13.9. The van der Waals surface area contributed by atoms with Crippen LogP contribution in [-0.4, -0.2) is 88.6 Å². The van der Waals surface area contributed by atoms with E-state index in [1.165, 1.54) is 23.6 Å². The topological polar surface area (TPSA) is 82.2 Å². The van der Waals surface area contributed by atoms with E-state index in [4.69, 9.17) is 4.74 Å². The summed E-state index contributed by atoms with van der Waals surface area (Å²) < 4.78 is 33.1. The van der Waals surface area contributed by atoms with Crippen LogP contribution in [0.25, 0.3) is 0 Å². The predicted octanol–water partition coefficient (Wildman–Crippen LogP) is 2.30. The zero-order valence-electron chi connectivity index (χ0n) is 19.8. The summed E-state index contributed by atoms with van der Waals surface area (Å²) >= 11 is 0. The molecular weight excluding hydrogens is 440 g/mol. The van der Waals surface area contributed by atoms with Crippen LogP contribution in [0.5, 0.6) is 0 Å². The van der Waals surface area contributed by atoms with Crippen molar-refractivity contribution in [2.75, 3.05) is 63.9 Å². The van der Waals surface area contributed by atoms with Gasteiger partial charge in [-0.15, -0.1) is 0 Å². The number of hydrogen-bond acceptors (Lipinski definition) is 6. The molecule has 0 spiro atoms. The van der Waals surface area contributed by atoms with Gasteiger partial charge in [-0.2, -0.15) is 4.31 Å². The van der Waals surface area contributed by atoms with E-state index in [-0.39, 0.29) is 10.8 Å². The molecule has 3 saturated heterocycles. The quantitative estimate of drug-likeness (QED) is 0.578. The first-order chi connectivity index (χ1) is 16.0. The monoisotopic (exact) mass is 478 g/mol. The SMILES string of the molecule is C[C@@H]1CCCCN1CCCNC(=O)c1cc(S(=O)(=O)N2CCOCC2)ccc1N1CCCC1. The average Bonchev–Trinajstić information content (AvgIpc) is 3.38. The molecule has 4 rings (SSSR count). The summed E-state index contributed by atoms with van der Waals surface area (Å²) in [7, 11) is -3.66. The molecule has 1 aromatic rings. The van der Waals surface area contributed by atoms with Gasteiger partial charge in [-0.05, 0) is 63.8 Å². The van der Waals surface area contributed by atoms with E-state index in [9.17, 15) is 13.2 Å². The second kappa shape index (κ2) is 11.2. The number of benzene rings is 1. The van der Waals surface area contributed by atoms with Gasteiger partial charge >= 0.3 is 0 Å². The number of sulfonamides is 1. The Labute approximate surface area is 198 Å². The lowest BCUT2D eigenvalue weighted by Crippen LogP contribution is -2.40. The highest BCUT2D eigenvalue weighted by atomic mass is 32.2. The summed E-state index contributed by atoms with van der Waals surface area (Å²) in [4.78, 5) is 18.1. The smallest absolute Gasteiger partial charge is 0.253 e. The summed E-state index contributed by atoms with van der Waals surface area (Å²) in [5.41, 5.74) is 1.29. The minimum atomic E-state index is -3.66. The third-order valence-corrected chi connectivity index (χ3v) is 9.01. The van der Waals surface area contributed by atoms with Crippen molar-refractivity contribution >= 4 is 21.6 Å². The molecule has 3 heterocycles. The fourth-order valence-corrected chi connectivity index (χ4v) is 6.53.